The smallest absolute Gasteiger partial charge is 0.122 e. The summed E-state index contributed by atoms with van der Waals surface area (Å²) in [5.41, 5.74) is 9.97. The minimum Gasteiger partial charge on any atom is -0.496 e. The lowest BCUT2D eigenvalue weighted by Gasteiger charge is -2.42. The molecule has 3 heteroatoms. The number of nitrogens with two attached hydrogens (primary N) is 1. The van der Waals surface area contributed by atoms with Crippen LogP contribution >= 0.6 is 0 Å². The molecule has 2 rings (SSSR count). The number of nitrogens with zero attached hydrogens (tertiary/aromatic N) is 1. The average Bonchev–Trinajstić information content (AvgIpc) is 2.32. The van der Waals surface area contributed by atoms with Crippen LogP contribution in [0.5, 0.6) is 5.75 Å². The Labute approximate surface area is 116 Å². The Morgan fingerprint density at radius 1 is 1.21 bits per heavy atom. The van der Waals surface area contributed by atoms with E-state index in [1.807, 2.05) is 0 Å². The summed E-state index contributed by atoms with van der Waals surface area (Å²) in [4.78, 5) is 2.32. The van der Waals surface area contributed by atoms with Crippen molar-refractivity contribution in [2.24, 2.45) is 11.7 Å². The first-order valence-electron chi connectivity index (χ1n) is 7.01. The summed E-state index contributed by atoms with van der Waals surface area (Å²) in [6.07, 6.45) is 2.26. The van der Waals surface area contributed by atoms with Crippen LogP contribution in [0.4, 0.5) is 0 Å². The van der Waals surface area contributed by atoms with Crippen LogP contribution in [0.1, 0.15) is 35.6 Å². The standard InChI is InChI=1S/C16H26N2O/c1-10-11(2)15(19-5)7-6-14(10)16(18(3)4)12-8-13(17)9-12/h6-7,12-13,16H,8-9,17H2,1-5H3. The summed E-state index contributed by atoms with van der Waals surface area (Å²) in [7, 11) is 6.05. The SMILES string of the molecule is COc1ccc(C(C2CC(N)C2)N(C)C)c(C)c1C. The average molecular weight is 262 g/mol. The van der Waals surface area contributed by atoms with Gasteiger partial charge in [-0.25, -0.2) is 0 Å². The summed E-state index contributed by atoms with van der Waals surface area (Å²) in [6, 6.07) is 5.17. The van der Waals surface area contributed by atoms with Crippen molar-refractivity contribution >= 4 is 0 Å². The highest BCUT2D eigenvalue weighted by molar-refractivity contribution is 5.45. The maximum atomic E-state index is 5.96. The number of hydrogen-bond acceptors (Lipinski definition) is 3. The minimum atomic E-state index is 0.395. The van der Waals surface area contributed by atoms with Crippen molar-refractivity contribution in [3.63, 3.8) is 0 Å². The quantitative estimate of drug-likeness (QED) is 0.906. The van der Waals surface area contributed by atoms with Gasteiger partial charge in [0, 0.05) is 12.1 Å². The van der Waals surface area contributed by atoms with E-state index in [1.165, 1.54) is 16.7 Å². The predicted molar refractivity (Wildman–Crippen MR) is 79.6 cm³/mol. The lowest BCUT2D eigenvalue weighted by Crippen LogP contribution is -2.43. The molecule has 0 amide bonds. The van der Waals surface area contributed by atoms with E-state index in [1.54, 1.807) is 7.11 Å². The Morgan fingerprint density at radius 2 is 1.84 bits per heavy atom. The normalized spacial score (nSPS) is 24.2. The molecule has 0 bridgehead atoms. The first-order chi connectivity index (χ1) is 8.95. The van der Waals surface area contributed by atoms with Gasteiger partial charge in [0.1, 0.15) is 5.75 Å². The van der Waals surface area contributed by atoms with E-state index in [2.05, 4.69) is 45.0 Å². The van der Waals surface area contributed by atoms with E-state index in [9.17, 15) is 0 Å². The van der Waals surface area contributed by atoms with Crippen LogP contribution in [0.3, 0.4) is 0 Å². The Balaban J connectivity index is 2.35. The molecule has 1 aliphatic rings. The summed E-state index contributed by atoms with van der Waals surface area (Å²) in [5, 5.41) is 0. The fourth-order valence-corrected chi connectivity index (χ4v) is 3.28. The first-order valence-corrected chi connectivity index (χ1v) is 7.01. The number of rotatable bonds is 4. The van der Waals surface area contributed by atoms with Gasteiger partial charge in [0.25, 0.3) is 0 Å². The number of benzene rings is 1. The second-order valence-electron chi connectivity index (χ2n) is 6.01. The molecule has 1 unspecified atom stereocenters. The van der Waals surface area contributed by atoms with Crippen LogP contribution in [-0.2, 0) is 0 Å². The molecule has 0 spiro atoms. The fourth-order valence-electron chi connectivity index (χ4n) is 3.28. The van der Waals surface area contributed by atoms with Crippen LogP contribution in [0.25, 0.3) is 0 Å². The van der Waals surface area contributed by atoms with Gasteiger partial charge in [-0.05, 0) is 69.5 Å². The van der Waals surface area contributed by atoms with Crippen molar-refractivity contribution in [1.29, 1.82) is 0 Å². The van der Waals surface area contributed by atoms with Crippen LogP contribution < -0.4 is 10.5 Å². The summed E-state index contributed by atoms with van der Waals surface area (Å²) < 4.78 is 5.41. The van der Waals surface area contributed by atoms with Crippen molar-refractivity contribution in [2.45, 2.75) is 38.8 Å². The maximum absolute atomic E-state index is 5.96. The molecule has 0 aliphatic heterocycles. The van der Waals surface area contributed by atoms with Gasteiger partial charge in [0.2, 0.25) is 0 Å². The molecule has 0 radical (unpaired) electrons. The third-order valence-corrected chi connectivity index (χ3v) is 4.53. The maximum Gasteiger partial charge on any atom is 0.122 e. The Kier molecular flexibility index (Phi) is 4.16. The fraction of sp³-hybridized carbons (Fsp3) is 0.625. The van der Waals surface area contributed by atoms with Crippen LogP contribution in [0, 0.1) is 19.8 Å². The van der Waals surface area contributed by atoms with E-state index < -0.39 is 0 Å². The zero-order valence-electron chi connectivity index (χ0n) is 12.7. The molecular weight excluding hydrogens is 236 g/mol. The topological polar surface area (TPSA) is 38.5 Å². The largest absolute Gasteiger partial charge is 0.496 e. The van der Waals surface area contributed by atoms with E-state index in [0.29, 0.717) is 18.0 Å². The van der Waals surface area contributed by atoms with E-state index in [0.717, 1.165) is 18.6 Å². The molecule has 3 nitrogen and oxygen atoms in total. The van der Waals surface area contributed by atoms with Crippen LogP contribution in [-0.4, -0.2) is 32.1 Å². The molecule has 2 N–H and O–H groups in total. The zero-order chi connectivity index (χ0) is 14.2. The second-order valence-corrected chi connectivity index (χ2v) is 6.01. The van der Waals surface area contributed by atoms with E-state index in [4.69, 9.17) is 10.5 Å². The van der Waals surface area contributed by atoms with Crippen LogP contribution in [0.15, 0.2) is 12.1 Å². The Hall–Kier alpha value is -1.06. The molecule has 1 aliphatic carbocycles. The van der Waals surface area contributed by atoms with E-state index >= 15 is 0 Å². The molecule has 106 valence electrons. The molecule has 1 aromatic carbocycles. The molecule has 1 atom stereocenters. The molecule has 1 fully saturated rings. The molecule has 1 aromatic rings. The highest BCUT2D eigenvalue weighted by Crippen LogP contribution is 2.42. The molecular formula is C16H26N2O. The molecule has 0 aromatic heterocycles. The van der Waals surface area contributed by atoms with Crippen molar-refractivity contribution in [1.82, 2.24) is 4.90 Å². The monoisotopic (exact) mass is 262 g/mol. The predicted octanol–water partition coefficient (Wildman–Crippen LogP) is 2.65. The van der Waals surface area contributed by atoms with Gasteiger partial charge in [-0.3, -0.25) is 0 Å². The number of methoxy groups -OCH3 is 1. The lowest BCUT2D eigenvalue weighted by molar-refractivity contribution is 0.122. The minimum absolute atomic E-state index is 0.395. The summed E-state index contributed by atoms with van der Waals surface area (Å²) >= 11 is 0. The van der Waals surface area contributed by atoms with Gasteiger partial charge in [-0.1, -0.05) is 6.07 Å². The van der Waals surface area contributed by atoms with Gasteiger partial charge in [0.05, 0.1) is 7.11 Å². The summed E-state index contributed by atoms with van der Waals surface area (Å²) in [6.45, 7) is 4.33. The van der Waals surface area contributed by atoms with Crippen molar-refractivity contribution in [2.75, 3.05) is 21.2 Å². The molecule has 0 saturated heterocycles. The third kappa shape index (κ3) is 2.63. The lowest BCUT2D eigenvalue weighted by atomic mass is 9.72. The number of hydrogen-bond donors (Lipinski definition) is 1. The molecule has 19 heavy (non-hydrogen) atoms. The first kappa shape index (κ1) is 14.4. The second kappa shape index (κ2) is 5.51. The van der Waals surface area contributed by atoms with Gasteiger partial charge >= 0.3 is 0 Å². The van der Waals surface area contributed by atoms with Gasteiger partial charge in [-0.2, -0.15) is 0 Å². The third-order valence-electron chi connectivity index (χ3n) is 4.53. The zero-order valence-corrected chi connectivity index (χ0v) is 12.7. The highest BCUT2D eigenvalue weighted by atomic mass is 16.5. The van der Waals surface area contributed by atoms with Gasteiger partial charge in [-0.15, -0.1) is 0 Å². The highest BCUT2D eigenvalue weighted by Gasteiger charge is 2.35. The van der Waals surface area contributed by atoms with Gasteiger partial charge in [0.15, 0.2) is 0 Å². The van der Waals surface area contributed by atoms with Crippen LogP contribution in [0.2, 0.25) is 0 Å². The van der Waals surface area contributed by atoms with Crippen molar-refractivity contribution in [3.05, 3.63) is 28.8 Å². The summed E-state index contributed by atoms with van der Waals surface area (Å²) in [5.74, 6) is 1.65. The Morgan fingerprint density at radius 3 is 2.32 bits per heavy atom. The van der Waals surface area contributed by atoms with Crippen molar-refractivity contribution in [3.8, 4) is 5.75 Å². The number of ether oxygens (including phenoxy) is 1. The van der Waals surface area contributed by atoms with Gasteiger partial charge < -0.3 is 15.4 Å². The van der Waals surface area contributed by atoms with E-state index in [-0.39, 0.29) is 0 Å². The molecule has 0 heterocycles. The van der Waals surface area contributed by atoms with Crippen molar-refractivity contribution < 1.29 is 4.74 Å². The Bertz CT molecular complexity index is 450. The molecule has 1 saturated carbocycles.